The first-order chi connectivity index (χ1) is 15.5. The van der Waals surface area contributed by atoms with E-state index in [1.165, 1.54) is 17.1 Å². The van der Waals surface area contributed by atoms with E-state index in [1.54, 1.807) is 31.3 Å². The third-order valence-corrected chi connectivity index (χ3v) is 7.48. The number of anilines is 1. The van der Waals surface area contributed by atoms with Gasteiger partial charge in [0.05, 0.1) is 4.90 Å². The van der Waals surface area contributed by atoms with Gasteiger partial charge in [-0.25, -0.2) is 8.42 Å². The van der Waals surface area contributed by atoms with E-state index in [-0.39, 0.29) is 17.1 Å². The highest BCUT2D eigenvalue weighted by molar-refractivity contribution is 7.89. The molecule has 1 aliphatic rings. The Morgan fingerprint density at radius 3 is 2.31 bits per heavy atom. The minimum atomic E-state index is -3.64. The first kappa shape index (κ1) is 22.1. The van der Waals surface area contributed by atoms with Crippen LogP contribution in [0.2, 0.25) is 0 Å². The SMILES string of the molecule is CN(Cc1ccccc1)S(=O)(=O)c1ccc(-c2nc(C#N)c(N3CCCCCC3)o2)cc1. The van der Waals surface area contributed by atoms with Crippen molar-refractivity contribution in [1.82, 2.24) is 9.29 Å². The van der Waals surface area contributed by atoms with Gasteiger partial charge in [0.2, 0.25) is 27.5 Å². The van der Waals surface area contributed by atoms with E-state index in [9.17, 15) is 13.7 Å². The highest BCUT2D eigenvalue weighted by atomic mass is 32.2. The van der Waals surface area contributed by atoms with Crippen molar-refractivity contribution in [1.29, 1.82) is 5.26 Å². The van der Waals surface area contributed by atoms with Gasteiger partial charge in [-0.05, 0) is 42.7 Å². The highest BCUT2D eigenvalue weighted by Gasteiger charge is 2.23. The second-order valence-electron chi connectivity index (χ2n) is 7.96. The van der Waals surface area contributed by atoms with Crippen molar-refractivity contribution in [3.05, 3.63) is 65.9 Å². The predicted octanol–water partition coefficient (Wildman–Crippen LogP) is 4.41. The molecule has 1 aromatic heterocycles. The molecule has 1 saturated heterocycles. The fourth-order valence-electron chi connectivity index (χ4n) is 3.87. The number of oxazole rings is 1. The molecule has 0 N–H and O–H groups in total. The molecule has 0 saturated carbocycles. The van der Waals surface area contributed by atoms with E-state index in [0.29, 0.717) is 17.3 Å². The van der Waals surface area contributed by atoms with E-state index in [0.717, 1.165) is 31.5 Å². The summed E-state index contributed by atoms with van der Waals surface area (Å²) >= 11 is 0. The minimum Gasteiger partial charge on any atom is -0.419 e. The van der Waals surface area contributed by atoms with Gasteiger partial charge in [0.1, 0.15) is 6.07 Å². The van der Waals surface area contributed by atoms with Gasteiger partial charge in [0.15, 0.2) is 0 Å². The molecule has 8 heteroatoms. The van der Waals surface area contributed by atoms with E-state index in [2.05, 4.69) is 16.0 Å². The average Bonchev–Trinajstić information content (AvgIpc) is 3.06. The first-order valence-corrected chi connectivity index (χ1v) is 12.2. The molecule has 0 aliphatic carbocycles. The Morgan fingerprint density at radius 2 is 1.69 bits per heavy atom. The average molecular weight is 451 g/mol. The lowest BCUT2D eigenvalue weighted by molar-refractivity contribution is 0.466. The van der Waals surface area contributed by atoms with Crippen LogP contribution in [0.5, 0.6) is 0 Å². The topological polar surface area (TPSA) is 90.4 Å². The summed E-state index contributed by atoms with van der Waals surface area (Å²) in [6.45, 7) is 1.97. The number of sulfonamides is 1. The zero-order valence-electron chi connectivity index (χ0n) is 18.1. The summed E-state index contributed by atoms with van der Waals surface area (Å²) in [4.78, 5) is 6.63. The molecule has 0 spiro atoms. The van der Waals surface area contributed by atoms with Crippen LogP contribution in [0, 0.1) is 11.3 Å². The molecule has 4 rings (SSSR count). The third-order valence-electron chi connectivity index (χ3n) is 5.67. The van der Waals surface area contributed by atoms with E-state index in [4.69, 9.17) is 4.42 Å². The Balaban J connectivity index is 1.55. The smallest absolute Gasteiger partial charge is 0.243 e. The second kappa shape index (κ2) is 9.55. The van der Waals surface area contributed by atoms with Gasteiger partial charge >= 0.3 is 0 Å². The van der Waals surface area contributed by atoms with Crippen LogP contribution in [0.4, 0.5) is 5.88 Å². The Bertz CT molecular complexity index is 1190. The van der Waals surface area contributed by atoms with E-state index < -0.39 is 10.0 Å². The molecule has 7 nitrogen and oxygen atoms in total. The summed E-state index contributed by atoms with van der Waals surface area (Å²) in [5.41, 5.74) is 1.81. The summed E-state index contributed by atoms with van der Waals surface area (Å²) in [6.07, 6.45) is 4.47. The highest BCUT2D eigenvalue weighted by Crippen LogP contribution is 2.30. The number of hydrogen-bond donors (Lipinski definition) is 0. The predicted molar refractivity (Wildman–Crippen MR) is 122 cm³/mol. The molecule has 166 valence electrons. The molecular formula is C24H26N4O3S. The maximum absolute atomic E-state index is 13.0. The van der Waals surface area contributed by atoms with Crippen LogP contribution in [-0.2, 0) is 16.6 Å². The lowest BCUT2D eigenvalue weighted by Crippen LogP contribution is -2.26. The normalized spacial score (nSPS) is 14.8. The van der Waals surface area contributed by atoms with Crippen LogP contribution in [0.1, 0.15) is 36.9 Å². The Labute approximate surface area is 189 Å². The monoisotopic (exact) mass is 450 g/mol. The molecule has 0 bridgehead atoms. The van der Waals surface area contributed by atoms with Crippen LogP contribution in [0.3, 0.4) is 0 Å². The third kappa shape index (κ3) is 4.69. The number of nitriles is 1. The van der Waals surface area contributed by atoms with Crippen LogP contribution < -0.4 is 4.90 Å². The molecule has 2 aromatic carbocycles. The van der Waals surface area contributed by atoms with Crippen molar-refractivity contribution >= 4 is 15.9 Å². The zero-order valence-corrected chi connectivity index (χ0v) is 18.9. The standard InChI is InChI=1S/C24H26N4O3S/c1-27(18-19-9-5-4-6-10-19)32(29,30)21-13-11-20(12-14-21)23-26-22(17-25)24(31-23)28-15-7-2-3-8-16-28/h4-6,9-14H,2-3,7-8,15-16,18H2,1H3. The number of nitrogens with zero attached hydrogens (tertiary/aromatic N) is 4. The molecule has 32 heavy (non-hydrogen) atoms. The van der Waals surface area contributed by atoms with Crippen molar-refractivity contribution in [2.24, 2.45) is 0 Å². The van der Waals surface area contributed by atoms with Gasteiger partial charge in [0, 0.05) is 32.2 Å². The maximum atomic E-state index is 13.0. The summed E-state index contributed by atoms with van der Waals surface area (Å²) < 4.78 is 33.2. The van der Waals surface area contributed by atoms with Crippen molar-refractivity contribution in [3.8, 4) is 17.5 Å². The fraction of sp³-hybridized carbons (Fsp3) is 0.333. The van der Waals surface area contributed by atoms with Crippen molar-refractivity contribution in [3.63, 3.8) is 0 Å². The summed E-state index contributed by atoms with van der Waals surface area (Å²) in [5.74, 6) is 0.825. The summed E-state index contributed by atoms with van der Waals surface area (Å²) in [5, 5.41) is 9.53. The van der Waals surface area contributed by atoms with Gasteiger partial charge < -0.3 is 9.32 Å². The molecule has 0 radical (unpaired) electrons. The van der Waals surface area contributed by atoms with Gasteiger partial charge in [-0.3, -0.25) is 0 Å². The van der Waals surface area contributed by atoms with Crippen LogP contribution >= 0.6 is 0 Å². The molecule has 1 aliphatic heterocycles. The molecule has 3 aromatic rings. The Morgan fingerprint density at radius 1 is 1.03 bits per heavy atom. The van der Waals surface area contributed by atoms with Crippen LogP contribution in [-0.4, -0.2) is 37.8 Å². The first-order valence-electron chi connectivity index (χ1n) is 10.8. The Hall–Kier alpha value is -3.15. The molecular weight excluding hydrogens is 424 g/mol. The molecule has 2 heterocycles. The Kier molecular flexibility index (Phi) is 6.58. The number of hydrogen-bond acceptors (Lipinski definition) is 6. The van der Waals surface area contributed by atoms with Gasteiger partial charge in [-0.2, -0.15) is 14.6 Å². The van der Waals surface area contributed by atoms with Crippen LogP contribution in [0.25, 0.3) is 11.5 Å². The quantitative estimate of drug-likeness (QED) is 0.552. The van der Waals surface area contributed by atoms with Crippen molar-refractivity contribution in [2.45, 2.75) is 37.1 Å². The second-order valence-corrected chi connectivity index (χ2v) is 10.0. The van der Waals surface area contributed by atoms with E-state index >= 15 is 0 Å². The largest absolute Gasteiger partial charge is 0.419 e. The number of aromatic nitrogens is 1. The van der Waals surface area contributed by atoms with Crippen molar-refractivity contribution in [2.75, 3.05) is 25.0 Å². The summed E-state index contributed by atoms with van der Waals surface area (Å²) in [7, 11) is -2.08. The summed E-state index contributed by atoms with van der Waals surface area (Å²) in [6, 6.07) is 18.0. The minimum absolute atomic E-state index is 0.194. The van der Waals surface area contributed by atoms with Gasteiger partial charge in [0.25, 0.3) is 0 Å². The number of rotatable bonds is 6. The zero-order chi connectivity index (χ0) is 22.6. The van der Waals surface area contributed by atoms with Gasteiger partial charge in [-0.15, -0.1) is 0 Å². The molecule has 0 amide bonds. The fourth-order valence-corrected chi connectivity index (χ4v) is 5.03. The molecule has 0 unspecified atom stereocenters. The number of benzene rings is 2. The lowest BCUT2D eigenvalue weighted by atomic mass is 10.2. The molecule has 0 atom stereocenters. The lowest BCUT2D eigenvalue weighted by Gasteiger charge is -2.18. The maximum Gasteiger partial charge on any atom is 0.243 e. The van der Waals surface area contributed by atoms with Crippen LogP contribution in [0.15, 0.2) is 63.9 Å². The van der Waals surface area contributed by atoms with Crippen molar-refractivity contribution < 1.29 is 12.8 Å². The van der Waals surface area contributed by atoms with Gasteiger partial charge in [-0.1, -0.05) is 43.2 Å². The van der Waals surface area contributed by atoms with E-state index in [1.807, 2.05) is 30.3 Å². The molecule has 1 fully saturated rings.